The van der Waals surface area contributed by atoms with E-state index in [1.54, 1.807) is 12.5 Å². The van der Waals surface area contributed by atoms with Gasteiger partial charge in [0.2, 0.25) is 0 Å². The summed E-state index contributed by atoms with van der Waals surface area (Å²) < 4.78 is 11.5. The van der Waals surface area contributed by atoms with Crippen molar-refractivity contribution < 1.29 is 19.4 Å². The Balaban J connectivity index is 1.38. The number of ether oxygens (including phenoxy) is 1. The summed E-state index contributed by atoms with van der Waals surface area (Å²) >= 11 is 0. The Morgan fingerprint density at radius 1 is 1.06 bits per heavy atom. The normalized spacial score (nSPS) is 49.3. The van der Waals surface area contributed by atoms with Crippen molar-refractivity contribution in [2.24, 2.45) is 28.6 Å². The van der Waals surface area contributed by atoms with Gasteiger partial charge in [0.1, 0.15) is 5.60 Å². The van der Waals surface area contributed by atoms with E-state index in [1.165, 1.54) is 12.8 Å². The van der Waals surface area contributed by atoms with Gasteiger partial charge in [-0.1, -0.05) is 13.8 Å². The van der Waals surface area contributed by atoms with Gasteiger partial charge in [-0.3, -0.25) is 0 Å². The summed E-state index contributed by atoms with van der Waals surface area (Å²) in [5, 5.41) is 27.3. The van der Waals surface area contributed by atoms with Crippen molar-refractivity contribution in [3.05, 3.63) is 24.2 Å². The monoisotopic (exact) mass is 431 g/mol. The third-order valence-electron chi connectivity index (χ3n) is 10.7. The molecule has 5 rings (SSSR count). The number of hydrogen-bond donors (Lipinski definition) is 3. The SMILES string of the molecule is CNCCO[C@H]1CC[C@@]2(C)[C@H](CC[C@@H]3[C@@H]2CC[C@]2(C)[C@@](O)(c4ccoc4)CC[C@]32O)C1. The number of fused-ring (bicyclic) bond motifs is 5. The Kier molecular flexibility index (Phi) is 5.36. The van der Waals surface area contributed by atoms with E-state index in [0.717, 1.165) is 50.8 Å². The molecule has 174 valence electrons. The molecule has 4 saturated carbocycles. The van der Waals surface area contributed by atoms with Crippen LogP contribution in [0.2, 0.25) is 0 Å². The first kappa shape index (κ1) is 21.9. The molecule has 0 radical (unpaired) electrons. The van der Waals surface area contributed by atoms with Crippen LogP contribution in [0, 0.1) is 28.6 Å². The van der Waals surface area contributed by atoms with Gasteiger partial charge in [0.05, 0.1) is 30.8 Å². The number of furan rings is 1. The van der Waals surface area contributed by atoms with Crippen LogP contribution < -0.4 is 5.32 Å². The molecule has 0 aromatic carbocycles. The molecule has 0 saturated heterocycles. The molecule has 0 spiro atoms. The average Bonchev–Trinajstić information content (AvgIpc) is 3.36. The van der Waals surface area contributed by atoms with Gasteiger partial charge in [0.25, 0.3) is 0 Å². The fraction of sp³-hybridized carbons (Fsp3) is 0.846. The molecule has 5 nitrogen and oxygen atoms in total. The smallest absolute Gasteiger partial charge is 0.101 e. The van der Waals surface area contributed by atoms with Crippen LogP contribution >= 0.6 is 0 Å². The maximum absolute atomic E-state index is 12.3. The largest absolute Gasteiger partial charge is 0.472 e. The van der Waals surface area contributed by atoms with E-state index in [2.05, 4.69) is 19.2 Å². The molecular weight excluding hydrogens is 390 g/mol. The highest BCUT2D eigenvalue weighted by Crippen LogP contribution is 2.71. The lowest BCUT2D eigenvalue weighted by Crippen LogP contribution is -2.64. The fourth-order valence-corrected chi connectivity index (χ4v) is 8.65. The first-order chi connectivity index (χ1) is 14.8. The Hall–Kier alpha value is -0.880. The van der Waals surface area contributed by atoms with Crippen molar-refractivity contribution in [3.63, 3.8) is 0 Å². The van der Waals surface area contributed by atoms with Crippen molar-refractivity contribution in [1.82, 2.24) is 5.32 Å². The third kappa shape index (κ3) is 2.96. The molecule has 4 fully saturated rings. The molecule has 0 unspecified atom stereocenters. The standard InChI is InChI=1S/C26H41NO4/c1-23-9-6-20(31-15-13-27-3)16-18(23)4-5-22-21(23)7-10-24(2)25(28,11-12-26(22,24)29)19-8-14-30-17-19/h8,14,17-18,20-22,27-29H,4-7,9-13,15-16H2,1-3H3/t18-,20+,21+,22-,23+,24-,25+,26+/m1/s1. The molecule has 0 amide bonds. The second-order valence-corrected chi connectivity index (χ2v) is 11.5. The van der Waals surface area contributed by atoms with Crippen LogP contribution in [0.25, 0.3) is 0 Å². The lowest BCUT2D eigenvalue weighted by Gasteiger charge is -2.64. The second-order valence-electron chi connectivity index (χ2n) is 11.5. The highest BCUT2D eigenvalue weighted by atomic mass is 16.5. The predicted octanol–water partition coefficient (Wildman–Crippen LogP) is 4.23. The highest BCUT2D eigenvalue weighted by molar-refractivity contribution is 5.30. The van der Waals surface area contributed by atoms with Gasteiger partial charge < -0.3 is 24.7 Å². The number of aliphatic hydroxyl groups is 2. The first-order valence-corrected chi connectivity index (χ1v) is 12.5. The van der Waals surface area contributed by atoms with E-state index in [9.17, 15) is 10.2 Å². The van der Waals surface area contributed by atoms with E-state index >= 15 is 0 Å². The van der Waals surface area contributed by atoms with E-state index in [4.69, 9.17) is 9.15 Å². The Morgan fingerprint density at radius 3 is 2.65 bits per heavy atom. The van der Waals surface area contributed by atoms with Crippen LogP contribution in [-0.2, 0) is 10.3 Å². The maximum Gasteiger partial charge on any atom is 0.101 e. The number of likely N-dealkylation sites (N-methyl/N-ethyl adjacent to an activating group) is 1. The minimum atomic E-state index is -1.00. The molecule has 0 bridgehead atoms. The van der Waals surface area contributed by atoms with Crippen LogP contribution in [0.1, 0.15) is 77.2 Å². The van der Waals surface area contributed by atoms with Gasteiger partial charge in [-0.05, 0) is 94.1 Å². The highest BCUT2D eigenvalue weighted by Gasteiger charge is 2.72. The third-order valence-corrected chi connectivity index (χ3v) is 10.7. The fourth-order valence-electron chi connectivity index (χ4n) is 8.65. The zero-order valence-corrected chi connectivity index (χ0v) is 19.5. The number of hydrogen-bond acceptors (Lipinski definition) is 5. The topological polar surface area (TPSA) is 74.9 Å². The molecule has 8 atom stereocenters. The molecular formula is C26H41NO4. The van der Waals surface area contributed by atoms with Crippen molar-refractivity contribution in [3.8, 4) is 0 Å². The number of rotatable bonds is 5. The predicted molar refractivity (Wildman–Crippen MR) is 119 cm³/mol. The molecule has 4 aliphatic carbocycles. The lowest BCUT2D eigenvalue weighted by molar-refractivity contribution is -0.239. The van der Waals surface area contributed by atoms with Crippen LogP contribution in [0.4, 0.5) is 0 Å². The van der Waals surface area contributed by atoms with Crippen molar-refractivity contribution in [2.45, 2.75) is 88.9 Å². The van der Waals surface area contributed by atoms with Gasteiger partial charge in [-0.25, -0.2) is 0 Å². The summed E-state index contributed by atoms with van der Waals surface area (Å²) in [5.41, 5.74) is -1.23. The molecule has 3 N–H and O–H groups in total. The van der Waals surface area contributed by atoms with Crippen LogP contribution in [0.5, 0.6) is 0 Å². The van der Waals surface area contributed by atoms with E-state index in [1.807, 2.05) is 13.1 Å². The lowest BCUT2D eigenvalue weighted by atomic mass is 9.43. The van der Waals surface area contributed by atoms with Gasteiger partial charge in [0.15, 0.2) is 0 Å². The Morgan fingerprint density at radius 2 is 1.90 bits per heavy atom. The molecule has 0 aliphatic heterocycles. The minimum absolute atomic E-state index is 0.273. The average molecular weight is 432 g/mol. The molecule has 4 aliphatic rings. The van der Waals surface area contributed by atoms with Gasteiger partial charge in [-0.2, -0.15) is 0 Å². The number of nitrogens with one attached hydrogen (secondary N) is 1. The summed E-state index contributed by atoms with van der Waals surface area (Å²) in [6.07, 6.45) is 12.7. The summed E-state index contributed by atoms with van der Waals surface area (Å²) in [6.45, 7) is 6.35. The van der Waals surface area contributed by atoms with Crippen molar-refractivity contribution >= 4 is 0 Å². The van der Waals surface area contributed by atoms with Crippen molar-refractivity contribution in [1.29, 1.82) is 0 Å². The maximum atomic E-state index is 12.3. The summed E-state index contributed by atoms with van der Waals surface area (Å²) in [4.78, 5) is 0. The Labute approximate surface area is 186 Å². The van der Waals surface area contributed by atoms with Crippen molar-refractivity contribution in [2.75, 3.05) is 20.2 Å². The van der Waals surface area contributed by atoms with E-state index in [-0.39, 0.29) is 11.3 Å². The first-order valence-electron chi connectivity index (χ1n) is 12.5. The second kappa shape index (κ2) is 7.58. The summed E-state index contributed by atoms with van der Waals surface area (Å²) in [6, 6.07) is 1.89. The van der Waals surface area contributed by atoms with Crippen LogP contribution in [0.15, 0.2) is 23.0 Å². The molecule has 1 heterocycles. The molecule has 1 aromatic heterocycles. The zero-order valence-electron chi connectivity index (χ0n) is 19.5. The molecule has 1 aromatic rings. The van der Waals surface area contributed by atoms with E-state index < -0.39 is 16.6 Å². The van der Waals surface area contributed by atoms with Gasteiger partial charge in [-0.15, -0.1) is 0 Å². The quantitative estimate of drug-likeness (QED) is 0.609. The minimum Gasteiger partial charge on any atom is -0.472 e. The summed E-state index contributed by atoms with van der Waals surface area (Å²) in [5.74, 6) is 1.49. The van der Waals surface area contributed by atoms with Gasteiger partial charge >= 0.3 is 0 Å². The Bertz CT molecular complexity index is 782. The van der Waals surface area contributed by atoms with Crippen LogP contribution in [0.3, 0.4) is 0 Å². The zero-order chi connectivity index (χ0) is 21.9. The molecule has 5 heteroatoms. The summed E-state index contributed by atoms with van der Waals surface area (Å²) in [7, 11) is 1.97. The van der Waals surface area contributed by atoms with E-state index in [0.29, 0.717) is 30.8 Å². The molecule has 31 heavy (non-hydrogen) atoms. The van der Waals surface area contributed by atoms with Gasteiger partial charge in [0, 0.05) is 17.5 Å². The van der Waals surface area contributed by atoms with Crippen LogP contribution in [-0.4, -0.2) is 42.1 Å².